The highest BCUT2D eigenvalue weighted by Crippen LogP contribution is 2.28. The molecule has 7 heteroatoms. The van der Waals surface area contributed by atoms with Crippen molar-refractivity contribution in [1.29, 1.82) is 0 Å². The van der Waals surface area contributed by atoms with Gasteiger partial charge in [0, 0.05) is 11.9 Å². The number of hydrogen-bond donors (Lipinski definition) is 3. The second-order valence-corrected chi connectivity index (χ2v) is 7.60. The standard InChI is InChI=1S/C23H23N5O2/c29-14-15-6-5-11-28(15)22-12-17(16-7-1-2-8-18(16)27-22)23(30)24-13-21-25-19-9-3-4-10-20(19)26-21/h1-4,7-10,12,15,29H,5-6,11,13-14H2,(H,24,30)(H,25,26). The van der Waals surface area contributed by atoms with E-state index in [-0.39, 0.29) is 18.6 Å². The van der Waals surface area contributed by atoms with Crippen molar-refractivity contribution in [3.8, 4) is 0 Å². The highest BCUT2D eigenvalue weighted by atomic mass is 16.3. The molecular formula is C23H23N5O2. The number of pyridine rings is 1. The molecule has 2 aromatic carbocycles. The minimum absolute atomic E-state index is 0.0464. The lowest BCUT2D eigenvalue weighted by atomic mass is 10.1. The highest BCUT2D eigenvalue weighted by Gasteiger charge is 2.26. The zero-order valence-electron chi connectivity index (χ0n) is 16.5. The van der Waals surface area contributed by atoms with E-state index in [9.17, 15) is 9.90 Å². The first-order valence-corrected chi connectivity index (χ1v) is 10.2. The highest BCUT2D eigenvalue weighted by molar-refractivity contribution is 6.07. The first-order valence-electron chi connectivity index (χ1n) is 10.2. The molecule has 7 nitrogen and oxygen atoms in total. The number of aromatic nitrogens is 3. The van der Waals surface area contributed by atoms with Crippen LogP contribution in [0, 0.1) is 0 Å². The lowest BCUT2D eigenvalue weighted by molar-refractivity contribution is 0.0951. The van der Waals surface area contributed by atoms with E-state index >= 15 is 0 Å². The summed E-state index contributed by atoms with van der Waals surface area (Å²) in [5.41, 5.74) is 3.17. The van der Waals surface area contributed by atoms with E-state index in [1.54, 1.807) is 0 Å². The zero-order chi connectivity index (χ0) is 20.5. The van der Waals surface area contributed by atoms with Crippen molar-refractivity contribution in [2.24, 2.45) is 0 Å². The van der Waals surface area contributed by atoms with Crippen LogP contribution in [-0.4, -0.2) is 45.2 Å². The van der Waals surface area contributed by atoms with Crippen molar-refractivity contribution in [3.05, 3.63) is 66.0 Å². The summed E-state index contributed by atoms with van der Waals surface area (Å²) in [6.45, 7) is 1.22. The van der Waals surface area contributed by atoms with Gasteiger partial charge in [-0.3, -0.25) is 4.79 Å². The number of anilines is 1. The number of nitrogens with zero attached hydrogens (tertiary/aromatic N) is 3. The van der Waals surface area contributed by atoms with E-state index in [2.05, 4.69) is 20.2 Å². The van der Waals surface area contributed by atoms with Crippen LogP contribution in [0.4, 0.5) is 5.82 Å². The summed E-state index contributed by atoms with van der Waals surface area (Å²) < 4.78 is 0. The molecule has 152 valence electrons. The van der Waals surface area contributed by atoms with Gasteiger partial charge in [0.25, 0.3) is 5.91 Å². The second kappa shape index (κ2) is 7.76. The molecule has 30 heavy (non-hydrogen) atoms. The number of aliphatic hydroxyl groups excluding tert-OH is 1. The summed E-state index contributed by atoms with van der Waals surface area (Å²) in [7, 11) is 0. The van der Waals surface area contributed by atoms with Crippen molar-refractivity contribution < 1.29 is 9.90 Å². The number of rotatable bonds is 5. The zero-order valence-corrected chi connectivity index (χ0v) is 16.5. The number of aliphatic hydroxyl groups is 1. The number of H-pyrrole nitrogens is 1. The van der Waals surface area contributed by atoms with E-state index < -0.39 is 0 Å². The molecule has 0 saturated carbocycles. The van der Waals surface area contributed by atoms with Gasteiger partial charge in [-0.05, 0) is 37.1 Å². The van der Waals surface area contributed by atoms with E-state index in [0.717, 1.165) is 47.1 Å². The number of hydrogen-bond acceptors (Lipinski definition) is 5. The molecule has 1 amide bonds. The van der Waals surface area contributed by atoms with Gasteiger partial charge in [0.15, 0.2) is 0 Å². The molecular weight excluding hydrogens is 378 g/mol. The Morgan fingerprint density at radius 2 is 1.93 bits per heavy atom. The van der Waals surface area contributed by atoms with Crippen molar-refractivity contribution in [3.63, 3.8) is 0 Å². The third kappa shape index (κ3) is 3.37. The molecule has 2 aromatic heterocycles. The van der Waals surface area contributed by atoms with E-state index in [1.807, 2.05) is 54.6 Å². The normalized spacial score (nSPS) is 16.4. The molecule has 1 atom stereocenters. The Bertz CT molecular complexity index is 1190. The van der Waals surface area contributed by atoms with Gasteiger partial charge in [-0.15, -0.1) is 0 Å². The van der Waals surface area contributed by atoms with Crippen molar-refractivity contribution in [1.82, 2.24) is 20.3 Å². The van der Waals surface area contributed by atoms with Gasteiger partial charge in [-0.1, -0.05) is 30.3 Å². The van der Waals surface area contributed by atoms with Crippen LogP contribution < -0.4 is 10.2 Å². The summed E-state index contributed by atoms with van der Waals surface area (Å²) in [5, 5.41) is 13.5. The molecule has 0 bridgehead atoms. The Kier molecular flexibility index (Phi) is 4.80. The largest absolute Gasteiger partial charge is 0.394 e. The van der Waals surface area contributed by atoms with E-state index in [0.29, 0.717) is 17.9 Å². The van der Waals surface area contributed by atoms with Gasteiger partial charge >= 0.3 is 0 Å². The number of nitrogens with one attached hydrogen (secondary N) is 2. The SMILES string of the molecule is O=C(NCc1nc2ccccc2[nH]1)c1cc(N2CCCC2CO)nc2ccccc12. The van der Waals surface area contributed by atoms with E-state index in [1.165, 1.54) is 0 Å². The lowest BCUT2D eigenvalue weighted by Gasteiger charge is -2.25. The molecule has 3 heterocycles. The molecule has 0 spiro atoms. The van der Waals surface area contributed by atoms with Gasteiger partial charge in [0.05, 0.1) is 41.3 Å². The summed E-state index contributed by atoms with van der Waals surface area (Å²) in [6, 6.07) is 17.3. The molecule has 3 N–H and O–H groups in total. The average Bonchev–Trinajstić information content (AvgIpc) is 3.43. The van der Waals surface area contributed by atoms with Gasteiger partial charge in [-0.2, -0.15) is 0 Å². The number of imidazole rings is 1. The summed E-state index contributed by atoms with van der Waals surface area (Å²) >= 11 is 0. The number of carbonyl (C=O) groups is 1. The predicted octanol–water partition coefficient (Wildman–Crippen LogP) is 3.00. The third-order valence-corrected chi connectivity index (χ3v) is 5.68. The fourth-order valence-electron chi connectivity index (χ4n) is 4.17. The Labute approximate surface area is 173 Å². The average molecular weight is 401 g/mol. The van der Waals surface area contributed by atoms with Crippen LogP contribution in [0.2, 0.25) is 0 Å². The van der Waals surface area contributed by atoms with Crippen molar-refractivity contribution in [2.45, 2.75) is 25.4 Å². The van der Waals surface area contributed by atoms with Crippen LogP contribution in [0.3, 0.4) is 0 Å². The molecule has 0 radical (unpaired) electrons. The molecule has 0 aliphatic carbocycles. The lowest BCUT2D eigenvalue weighted by Crippen LogP contribution is -2.33. The fraction of sp³-hybridized carbons (Fsp3) is 0.261. The van der Waals surface area contributed by atoms with Crippen LogP contribution in [0.15, 0.2) is 54.6 Å². The maximum Gasteiger partial charge on any atom is 0.252 e. The van der Waals surface area contributed by atoms with Gasteiger partial charge in [0.2, 0.25) is 0 Å². The monoisotopic (exact) mass is 401 g/mol. The van der Waals surface area contributed by atoms with Crippen molar-refractivity contribution in [2.75, 3.05) is 18.1 Å². The summed E-state index contributed by atoms with van der Waals surface area (Å²) in [4.78, 5) is 27.7. The number of aromatic amines is 1. The second-order valence-electron chi connectivity index (χ2n) is 7.60. The number of fused-ring (bicyclic) bond motifs is 2. The topological polar surface area (TPSA) is 94.1 Å². The van der Waals surface area contributed by atoms with Crippen LogP contribution in [-0.2, 0) is 6.54 Å². The van der Waals surface area contributed by atoms with Crippen molar-refractivity contribution >= 4 is 33.7 Å². The Balaban J connectivity index is 1.45. The smallest absolute Gasteiger partial charge is 0.252 e. The maximum atomic E-state index is 13.1. The molecule has 1 fully saturated rings. The molecule has 5 rings (SSSR count). The van der Waals surface area contributed by atoms with Gasteiger partial charge in [0.1, 0.15) is 11.6 Å². The molecule has 1 saturated heterocycles. The first kappa shape index (κ1) is 18.6. The minimum Gasteiger partial charge on any atom is -0.394 e. The van der Waals surface area contributed by atoms with Gasteiger partial charge in [-0.25, -0.2) is 9.97 Å². The van der Waals surface area contributed by atoms with Crippen LogP contribution in [0.1, 0.15) is 29.0 Å². The fourth-order valence-corrected chi connectivity index (χ4v) is 4.17. The van der Waals surface area contributed by atoms with E-state index in [4.69, 9.17) is 4.98 Å². The van der Waals surface area contributed by atoms with Crippen LogP contribution in [0.25, 0.3) is 21.9 Å². The Hall–Kier alpha value is -3.45. The quantitative estimate of drug-likeness (QED) is 0.478. The summed E-state index contributed by atoms with van der Waals surface area (Å²) in [6.07, 6.45) is 1.94. The molecule has 1 unspecified atom stereocenters. The van der Waals surface area contributed by atoms with Crippen LogP contribution >= 0.6 is 0 Å². The number of amides is 1. The number of benzene rings is 2. The molecule has 1 aliphatic heterocycles. The minimum atomic E-state index is -0.171. The number of para-hydroxylation sites is 3. The summed E-state index contributed by atoms with van der Waals surface area (Å²) in [5.74, 6) is 1.28. The Morgan fingerprint density at radius 3 is 2.77 bits per heavy atom. The maximum absolute atomic E-state index is 13.1. The van der Waals surface area contributed by atoms with Crippen LogP contribution in [0.5, 0.6) is 0 Å². The van der Waals surface area contributed by atoms with Gasteiger partial charge < -0.3 is 20.3 Å². The Morgan fingerprint density at radius 1 is 1.13 bits per heavy atom. The predicted molar refractivity (Wildman–Crippen MR) is 116 cm³/mol. The molecule has 4 aromatic rings. The molecule has 1 aliphatic rings. The first-order chi connectivity index (χ1) is 14.7. The number of carbonyl (C=O) groups excluding carboxylic acids is 1. The third-order valence-electron chi connectivity index (χ3n) is 5.68.